The van der Waals surface area contributed by atoms with Gasteiger partial charge in [-0.15, -0.1) is 0 Å². The molecule has 0 radical (unpaired) electrons. The van der Waals surface area contributed by atoms with E-state index in [1.807, 2.05) is 6.92 Å². The molecular formula is C31H43NO3. The summed E-state index contributed by atoms with van der Waals surface area (Å²) in [4.78, 5) is 14.4. The SMILES string of the molecule is CCOC(=O)C1CCN(Cc2ccc(-c3ccc(OC4CCC(C(C)(C)C)CC4)cc3)cc2)CC1. The van der Waals surface area contributed by atoms with Crippen LogP contribution in [0.15, 0.2) is 48.5 Å². The van der Waals surface area contributed by atoms with Crippen molar-refractivity contribution in [3.8, 4) is 16.9 Å². The van der Waals surface area contributed by atoms with Gasteiger partial charge in [0.2, 0.25) is 0 Å². The van der Waals surface area contributed by atoms with Crippen LogP contribution in [-0.2, 0) is 16.1 Å². The minimum Gasteiger partial charge on any atom is -0.490 e. The normalized spacial score (nSPS) is 22.1. The first-order valence-electron chi connectivity index (χ1n) is 13.6. The van der Waals surface area contributed by atoms with Crippen molar-refractivity contribution in [2.45, 2.75) is 78.9 Å². The molecule has 0 amide bonds. The Kier molecular flexibility index (Phi) is 8.54. The number of esters is 1. The minimum absolute atomic E-state index is 0.0270. The third-order valence-electron chi connectivity index (χ3n) is 7.96. The van der Waals surface area contributed by atoms with Gasteiger partial charge in [0.15, 0.2) is 0 Å². The van der Waals surface area contributed by atoms with Crippen molar-refractivity contribution in [2.75, 3.05) is 19.7 Å². The number of carbonyl (C=O) groups excluding carboxylic acids is 1. The van der Waals surface area contributed by atoms with Gasteiger partial charge >= 0.3 is 5.97 Å². The lowest BCUT2D eigenvalue weighted by atomic mass is 9.72. The Morgan fingerprint density at radius 3 is 1.97 bits per heavy atom. The average molecular weight is 478 g/mol. The molecular weight excluding hydrogens is 434 g/mol. The molecule has 1 heterocycles. The van der Waals surface area contributed by atoms with Crippen LogP contribution in [0.1, 0.15) is 71.8 Å². The topological polar surface area (TPSA) is 38.8 Å². The van der Waals surface area contributed by atoms with E-state index in [9.17, 15) is 4.79 Å². The Morgan fingerprint density at radius 1 is 0.857 bits per heavy atom. The molecule has 2 aromatic carbocycles. The molecule has 1 saturated heterocycles. The number of rotatable bonds is 7. The highest BCUT2D eigenvalue weighted by molar-refractivity contribution is 5.72. The maximum atomic E-state index is 12.0. The maximum Gasteiger partial charge on any atom is 0.309 e. The van der Waals surface area contributed by atoms with Gasteiger partial charge in [-0.25, -0.2) is 0 Å². The molecule has 2 aromatic rings. The number of benzene rings is 2. The summed E-state index contributed by atoms with van der Waals surface area (Å²) < 4.78 is 11.5. The Bertz CT molecular complexity index is 929. The Balaban J connectivity index is 1.25. The summed E-state index contributed by atoms with van der Waals surface area (Å²) in [6.07, 6.45) is 6.98. The predicted octanol–water partition coefficient (Wildman–Crippen LogP) is 7.11. The monoisotopic (exact) mass is 477 g/mol. The van der Waals surface area contributed by atoms with Gasteiger partial charge in [0.25, 0.3) is 0 Å². The van der Waals surface area contributed by atoms with Gasteiger partial charge in [-0.3, -0.25) is 9.69 Å². The zero-order valence-electron chi connectivity index (χ0n) is 22.1. The molecule has 35 heavy (non-hydrogen) atoms. The van der Waals surface area contributed by atoms with Crippen LogP contribution in [0.4, 0.5) is 0 Å². The first-order chi connectivity index (χ1) is 16.8. The van der Waals surface area contributed by atoms with Crippen LogP contribution < -0.4 is 4.74 Å². The number of nitrogens with zero attached hydrogens (tertiary/aromatic N) is 1. The molecule has 0 unspecified atom stereocenters. The van der Waals surface area contributed by atoms with Crippen molar-refractivity contribution in [3.63, 3.8) is 0 Å². The summed E-state index contributed by atoms with van der Waals surface area (Å²) in [5, 5.41) is 0. The number of ether oxygens (including phenoxy) is 2. The van der Waals surface area contributed by atoms with Crippen molar-refractivity contribution in [1.29, 1.82) is 0 Å². The number of hydrogen-bond acceptors (Lipinski definition) is 4. The molecule has 4 rings (SSSR count). The third kappa shape index (κ3) is 7.10. The van der Waals surface area contributed by atoms with E-state index in [1.54, 1.807) is 0 Å². The quantitative estimate of drug-likeness (QED) is 0.398. The first kappa shape index (κ1) is 25.8. The molecule has 2 fully saturated rings. The molecule has 0 aromatic heterocycles. The second-order valence-electron chi connectivity index (χ2n) is 11.5. The van der Waals surface area contributed by atoms with Crippen LogP contribution in [-0.4, -0.2) is 36.7 Å². The van der Waals surface area contributed by atoms with Crippen LogP contribution in [0.3, 0.4) is 0 Å². The average Bonchev–Trinajstić information content (AvgIpc) is 2.85. The molecule has 2 aliphatic rings. The van der Waals surface area contributed by atoms with Crippen molar-refractivity contribution in [2.24, 2.45) is 17.3 Å². The van der Waals surface area contributed by atoms with Crippen LogP contribution in [0.25, 0.3) is 11.1 Å². The van der Waals surface area contributed by atoms with E-state index in [1.165, 1.54) is 29.5 Å². The standard InChI is InChI=1S/C31H43NO3/c1-5-34-30(33)26-18-20-32(21-19-26)22-23-6-8-24(9-7-23)25-10-14-28(15-11-25)35-29-16-12-27(13-17-29)31(2,3)4/h6-11,14-15,26-27,29H,5,12-13,16-22H2,1-4H3. The third-order valence-corrected chi connectivity index (χ3v) is 7.96. The van der Waals surface area contributed by atoms with Gasteiger partial charge < -0.3 is 9.47 Å². The van der Waals surface area contributed by atoms with Gasteiger partial charge in [-0.05, 0) is 98.7 Å². The van der Waals surface area contributed by atoms with Crippen LogP contribution in [0, 0.1) is 17.3 Å². The van der Waals surface area contributed by atoms with Gasteiger partial charge in [0, 0.05) is 6.54 Å². The lowest BCUT2D eigenvalue weighted by Crippen LogP contribution is -2.36. The summed E-state index contributed by atoms with van der Waals surface area (Å²) in [7, 11) is 0. The predicted molar refractivity (Wildman–Crippen MR) is 142 cm³/mol. The second kappa shape index (κ2) is 11.6. The van der Waals surface area contributed by atoms with Gasteiger partial charge in [0.05, 0.1) is 18.6 Å². The van der Waals surface area contributed by atoms with Gasteiger partial charge in [0.1, 0.15) is 5.75 Å². The van der Waals surface area contributed by atoms with Gasteiger partial charge in [-0.1, -0.05) is 57.2 Å². The molecule has 0 spiro atoms. The first-order valence-corrected chi connectivity index (χ1v) is 13.6. The van der Waals surface area contributed by atoms with E-state index < -0.39 is 0 Å². The van der Waals surface area contributed by atoms with E-state index in [-0.39, 0.29) is 11.9 Å². The van der Waals surface area contributed by atoms with Crippen LogP contribution >= 0.6 is 0 Å². The fraction of sp³-hybridized carbons (Fsp3) is 0.581. The highest BCUT2D eigenvalue weighted by Crippen LogP contribution is 2.39. The summed E-state index contributed by atoms with van der Waals surface area (Å²) in [5.74, 6) is 1.83. The Morgan fingerprint density at radius 2 is 1.43 bits per heavy atom. The minimum atomic E-state index is -0.0270. The van der Waals surface area contributed by atoms with Crippen molar-refractivity contribution >= 4 is 5.97 Å². The second-order valence-corrected chi connectivity index (χ2v) is 11.5. The summed E-state index contributed by atoms with van der Waals surface area (Å²) in [6.45, 7) is 12.3. The zero-order chi connectivity index (χ0) is 24.8. The van der Waals surface area contributed by atoms with E-state index in [0.717, 1.165) is 57.0 Å². The molecule has 1 aliphatic heterocycles. The van der Waals surface area contributed by atoms with Crippen molar-refractivity contribution < 1.29 is 14.3 Å². The van der Waals surface area contributed by atoms with Gasteiger partial charge in [-0.2, -0.15) is 0 Å². The van der Waals surface area contributed by atoms with E-state index in [4.69, 9.17) is 9.47 Å². The number of likely N-dealkylation sites (tertiary alicyclic amines) is 1. The summed E-state index contributed by atoms with van der Waals surface area (Å²) in [6, 6.07) is 17.5. The fourth-order valence-corrected chi connectivity index (χ4v) is 5.61. The van der Waals surface area contributed by atoms with Crippen molar-refractivity contribution in [1.82, 2.24) is 4.90 Å². The summed E-state index contributed by atoms with van der Waals surface area (Å²) >= 11 is 0. The largest absolute Gasteiger partial charge is 0.490 e. The summed E-state index contributed by atoms with van der Waals surface area (Å²) in [5.41, 5.74) is 4.17. The molecule has 1 aliphatic carbocycles. The molecule has 4 nitrogen and oxygen atoms in total. The highest BCUT2D eigenvalue weighted by Gasteiger charge is 2.30. The molecule has 190 valence electrons. The lowest BCUT2D eigenvalue weighted by Gasteiger charge is -2.36. The van der Waals surface area contributed by atoms with Crippen LogP contribution in [0.5, 0.6) is 5.75 Å². The number of piperidine rings is 1. The zero-order valence-corrected chi connectivity index (χ0v) is 22.1. The number of carbonyl (C=O) groups is 1. The van der Waals surface area contributed by atoms with E-state index in [0.29, 0.717) is 18.1 Å². The molecule has 0 atom stereocenters. The molecule has 0 N–H and O–H groups in total. The Hall–Kier alpha value is -2.33. The Labute approximate surface area is 212 Å². The van der Waals surface area contributed by atoms with Crippen LogP contribution in [0.2, 0.25) is 0 Å². The van der Waals surface area contributed by atoms with E-state index in [2.05, 4.69) is 74.2 Å². The highest BCUT2D eigenvalue weighted by atomic mass is 16.5. The fourth-order valence-electron chi connectivity index (χ4n) is 5.61. The number of hydrogen-bond donors (Lipinski definition) is 0. The molecule has 4 heteroatoms. The molecule has 1 saturated carbocycles. The van der Waals surface area contributed by atoms with Crippen molar-refractivity contribution in [3.05, 3.63) is 54.1 Å². The lowest BCUT2D eigenvalue weighted by molar-refractivity contribution is -0.149. The van der Waals surface area contributed by atoms with E-state index >= 15 is 0 Å². The molecule has 0 bridgehead atoms. The maximum absolute atomic E-state index is 12.0. The smallest absolute Gasteiger partial charge is 0.309 e.